The molecule has 9 nitrogen and oxygen atoms in total. The van der Waals surface area contributed by atoms with Gasteiger partial charge in [0.2, 0.25) is 0 Å². The lowest BCUT2D eigenvalue weighted by Gasteiger charge is -2.29. The van der Waals surface area contributed by atoms with Crippen LogP contribution in [0.3, 0.4) is 0 Å². The molecule has 0 amide bonds. The molecule has 0 aliphatic carbocycles. The third-order valence-electron chi connectivity index (χ3n) is 5.73. The molecule has 164 valence electrons. The first-order valence-electron chi connectivity index (χ1n) is 10.8. The van der Waals surface area contributed by atoms with Crippen molar-refractivity contribution in [3.8, 4) is 28.3 Å². The van der Waals surface area contributed by atoms with Crippen molar-refractivity contribution < 1.29 is 4.74 Å². The van der Waals surface area contributed by atoms with Crippen LogP contribution in [0.15, 0.2) is 73.1 Å². The Bertz CT molecular complexity index is 1400. The lowest BCUT2D eigenvalue weighted by molar-refractivity contribution is 0.122. The summed E-state index contributed by atoms with van der Waals surface area (Å²) in [4.78, 5) is 11.2. The highest BCUT2D eigenvalue weighted by molar-refractivity contribution is 5.68. The van der Waals surface area contributed by atoms with E-state index in [-0.39, 0.29) is 0 Å². The van der Waals surface area contributed by atoms with Crippen molar-refractivity contribution >= 4 is 17.3 Å². The van der Waals surface area contributed by atoms with Gasteiger partial charge in [0, 0.05) is 54.8 Å². The summed E-state index contributed by atoms with van der Waals surface area (Å²) in [5.41, 5.74) is 10.7. The summed E-state index contributed by atoms with van der Waals surface area (Å²) in [7, 11) is 0. The zero-order valence-electron chi connectivity index (χ0n) is 17.9. The smallest absolute Gasteiger partial charge is 0.161 e. The number of ether oxygens (including phenoxy) is 1. The van der Waals surface area contributed by atoms with Gasteiger partial charge in [-0.25, -0.2) is 4.98 Å². The highest BCUT2D eigenvalue weighted by Crippen LogP contribution is 2.27. The molecule has 0 radical (unpaired) electrons. The van der Waals surface area contributed by atoms with Crippen LogP contribution < -0.4 is 10.6 Å². The van der Waals surface area contributed by atoms with Gasteiger partial charge in [0.25, 0.3) is 0 Å². The van der Waals surface area contributed by atoms with E-state index in [2.05, 4.69) is 9.88 Å². The molecule has 2 N–H and O–H groups in total. The zero-order valence-corrected chi connectivity index (χ0v) is 17.9. The van der Waals surface area contributed by atoms with Gasteiger partial charge in [-0.2, -0.15) is 19.4 Å². The van der Waals surface area contributed by atoms with E-state index in [4.69, 9.17) is 25.7 Å². The summed E-state index contributed by atoms with van der Waals surface area (Å²) >= 11 is 0. The van der Waals surface area contributed by atoms with Gasteiger partial charge in [0.15, 0.2) is 11.5 Å². The molecule has 0 saturated carbocycles. The minimum atomic E-state index is 0.521. The van der Waals surface area contributed by atoms with Gasteiger partial charge in [-0.15, -0.1) is 0 Å². The molecule has 5 heterocycles. The van der Waals surface area contributed by atoms with Crippen molar-refractivity contribution in [1.82, 2.24) is 29.4 Å². The van der Waals surface area contributed by atoms with Crippen molar-refractivity contribution in [3.63, 3.8) is 0 Å². The molecule has 1 fully saturated rings. The number of hydrogen-bond acceptors (Lipinski definition) is 7. The average Bonchev–Trinajstić information content (AvgIpc) is 3.49. The van der Waals surface area contributed by atoms with Crippen LogP contribution in [-0.4, -0.2) is 55.7 Å². The zero-order chi connectivity index (χ0) is 22.2. The summed E-state index contributed by atoms with van der Waals surface area (Å²) in [6.45, 7) is 2.87. The van der Waals surface area contributed by atoms with Crippen LogP contribution >= 0.6 is 0 Å². The van der Waals surface area contributed by atoms with Gasteiger partial charge in [-0.05, 0) is 12.1 Å². The fourth-order valence-corrected chi connectivity index (χ4v) is 4.06. The third-order valence-corrected chi connectivity index (χ3v) is 5.73. The molecule has 0 unspecified atom stereocenters. The molecule has 1 aromatic carbocycles. The van der Waals surface area contributed by atoms with Crippen LogP contribution in [0.4, 0.5) is 11.6 Å². The van der Waals surface area contributed by atoms with E-state index in [1.54, 1.807) is 17.1 Å². The number of anilines is 2. The molecule has 1 aliphatic rings. The number of pyridine rings is 1. The van der Waals surface area contributed by atoms with E-state index in [1.807, 2.05) is 65.2 Å². The minimum Gasteiger partial charge on any atom is -0.384 e. The molecule has 0 atom stereocenters. The normalized spacial score (nSPS) is 14.1. The maximum atomic E-state index is 6.38. The molecule has 1 saturated heterocycles. The second-order valence-corrected chi connectivity index (χ2v) is 7.84. The number of aromatic nitrogens is 6. The van der Waals surface area contributed by atoms with Crippen LogP contribution in [0.2, 0.25) is 0 Å². The van der Waals surface area contributed by atoms with E-state index in [0.29, 0.717) is 24.8 Å². The van der Waals surface area contributed by atoms with E-state index < -0.39 is 0 Å². The molecule has 33 heavy (non-hydrogen) atoms. The Morgan fingerprint density at radius 3 is 2.33 bits per heavy atom. The SMILES string of the molecule is Nc1cc(-c2ccccc2)nn1-c1cc(N2CCOCC2)n2nc(-c3ccncc3)cc2n1. The minimum absolute atomic E-state index is 0.521. The first kappa shape index (κ1) is 19.4. The third kappa shape index (κ3) is 3.58. The molecule has 4 aromatic heterocycles. The topological polar surface area (TPSA) is 99.4 Å². The largest absolute Gasteiger partial charge is 0.384 e. The number of benzene rings is 1. The summed E-state index contributed by atoms with van der Waals surface area (Å²) in [6.07, 6.45) is 3.52. The molecule has 6 rings (SSSR count). The molecule has 5 aromatic rings. The fraction of sp³-hybridized carbons (Fsp3) is 0.167. The fourth-order valence-electron chi connectivity index (χ4n) is 4.06. The van der Waals surface area contributed by atoms with Gasteiger partial charge in [-0.1, -0.05) is 30.3 Å². The Morgan fingerprint density at radius 2 is 1.55 bits per heavy atom. The lowest BCUT2D eigenvalue weighted by Crippen LogP contribution is -2.37. The molecular formula is C24H22N8O. The maximum absolute atomic E-state index is 6.38. The summed E-state index contributed by atoms with van der Waals surface area (Å²) in [6, 6.07) is 19.7. The van der Waals surface area contributed by atoms with Crippen LogP contribution in [0.5, 0.6) is 0 Å². The van der Waals surface area contributed by atoms with Crippen LogP contribution in [-0.2, 0) is 4.74 Å². The number of hydrogen-bond donors (Lipinski definition) is 1. The van der Waals surface area contributed by atoms with Crippen molar-refractivity contribution in [2.24, 2.45) is 0 Å². The van der Waals surface area contributed by atoms with Crippen molar-refractivity contribution in [3.05, 3.63) is 73.1 Å². The summed E-state index contributed by atoms with van der Waals surface area (Å²) < 4.78 is 9.13. The van der Waals surface area contributed by atoms with Gasteiger partial charge in [0.05, 0.1) is 24.6 Å². The van der Waals surface area contributed by atoms with Gasteiger partial charge in [0.1, 0.15) is 11.6 Å². The Hall–Kier alpha value is -4.24. The predicted molar refractivity (Wildman–Crippen MR) is 126 cm³/mol. The van der Waals surface area contributed by atoms with E-state index in [0.717, 1.165) is 47.1 Å². The van der Waals surface area contributed by atoms with Crippen LogP contribution in [0.25, 0.3) is 34.0 Å². The number of morpholine rings is 1. The number of fused-ring (bicyclic) bond motifs is 1. The van der Waals surface area contributed by atoms with Crippen LogP contribution in [0, 0.1) is 0 Å². The molecule has 9 heteroatoms. The van der Waals surface area contributed by atoms with Gasteiger partial charge < -0.3 is 15.4 Å². The number of rotatable bonds is 4. The number of nitrogens with two attached hydrogens (primary N) is 1. The van der Waals surface area contributed by atoms with Crippen LogP contribution in [0.1, 0.15) is 0 Å². The quantitative estimate of drug-likeness (QED) is 0.460. The maximum Gasteiger partial charge on any atom is 0.161 e. The molecule has 0 spiro atoms. The van der Waals surface area contributed by atoms with Crippen molar-refractivity contribution in [1.29, 1.82) is 0 Å². The standard InChI is InChI=1S/C24H22N8O/c25-21-14-19(17-4-2-1-3-5-17)28-31(21)23-16-24(30-10-12-33-13-11-30)32-22(27-23)15-20(29-32)18-6-8-26-9-7-18/h1-9,14-16H,10-13,25H2. The van der Waals surface area contributed by atoms with E-state index >= 15 is 0 Å². The monoisotopic (exact) mass is 438 g/mol. The second kappa shape index (κ2) is 8.03. The first-order chi connectivity index (χ1) is 16.3. The number of nitrogens with zero attached hydrogens (tertiary/aromatic N) is 7. The van der Waals surface area contributed by atoms with Crippen molar-refractivity contribution in [2.45, 2.75) is 0 Å². The molecule has 0 bridgehead atoms. The lowest BCUT2D eigenvalue weighted by atomic mass is 10.2. The Kier molecular flexibility index (Phi) is 4.73. The summed E-state index contributed by atoms with van der Waals surface area (Å²) in [5.74, 6) is 2.09. The predicted octanol–water partition coefficient (Wildman–Crippen LogP) is 3.06. The van der Waals surface area contributed by atoms with Crippen molar-refractivity contribution in [2.75, 3.05) is 36.9 Å². The van der Waals surface area contributed by atoms with E-state index in [9.17, 15) is 0 Å². The number of nitrogen functional groups attached to an aromatic ring is 1. The van der Waals surface area contributed by atoms with Gasteiger partial charge in [-0.3, -0.25) is 4.98 Å². The Morgan fingerprint density at radius 1 is 0.818 bits per heavy atom. The Labute approximate surface area is 190 Å². The average molecular weight is 438 g/mol. The van der Waals surface area contributed by atoms with E-state index in [1.165, 1.54) is 0 Å². The first-order valence-corrected chi connectivity index (χ1v) is 10.8. The second-order valence-electron chi connectivity index (χ2n) is 7.84. The highest BCUT2D eigenvalue weighted by Gasteiger charge is 2.20. The Balaban J connectivity index is 1.51. The summed E-state index contributed by atoms with van der Waals surface area (Å²) in [5, 5.41) is 9.61. The molecular weight excluding hydrogens is 416 g/mol. The highest BCUT2D eigenvalue weighted by atomic mass is 16.5. The van der Waals surface area contributed by atoms with Gasteiger partial charge >= 0.3 is 0 Å². The molecule has 1 aliphatic heterocycles.